The zero-order valence-electron chi connectivity index (χ0n) is 9.00. The van der Waals surface area contributed by atoms with Crippen molar-refractivity contribution in [3.63, 3.8) is 0 Å². The van der Waals surface area contributed by atoms with Crippen LogP contribution >= 0.6 is 0 Å². The Labute approximate surface area is 92.0 Å². The SMILES string of the molecule is CONCc1c(F)c(OC)cc2c1OCO2. The molecule has 0 saturated heterocycles. The van der Waals surface area contributed by atoms with Gasteiger partial charge in [-0.15, -0.1) is 0 Å². The fraction of sp³-hybridized carbons (Fsp3) is 0.400. The summed E-state index contributed by atoms with van der Waals surface area (Å²) in [6.45, 7) is 0.257. The smallest absolute Gasteiger partial charge is 0.231 e. The third-order valence-electron chi connectivity index (χ3n) is 2.27. The van der Waals surface area contributed by atoms with Crippen molar-refractivity contribution in [1.82, 2.24) is 5.48 Å². The summed E-state index contributed by atoms with van der Waals surface area (Å²) in [6, 6.07) is 1.47. The number of nitrogens with one attached hydrogen (secondary N) is 1. The Bertz CT molecular complexity index is 396. The topological polar surface area (TPSA) is 49.0 Å². The summed E-state index contributed by atoms with van der Waals surface area (Å²) in [4.78, 5) is 4.68. The fourth-order valence-electron chi connectivity index (χ4n) is 1.51. The van der Waals surface area contributed by atoms with Gasteiger partial charge in [-0.25, -0.2) is 4.39 Å². The number of halogens is 1. The molecule has 88 valence electrons. The molecule has 0 spiro atoms. The molecule has 1 aromatic rings. The van der Waals surface area contributed by atoms with Gasteiger partial charge in [0.1, 0.15) is 0 Å². The molecule has 5 nitrogen and oxygen atoms in total. The Hall–Kier alpha value is -1.53. The quantitative estimate of drug-likeness (QED) is 0.786. The number of hydroxylamine groups is 1. The molecular formula is C10H12FNO4. The van der Waals surface area contributed by atoms with Gasteiger partial charge in [0, 0.05) is 6.07 Å². The molecular weight excluding hydrogens is 217 g/mol. The number of ether oxygens (including phenoxy) is 3. The summed E-state index contributed by atoms with van der Waals surface area (Å²) in [5.74, 6) is 0.516. The standard InChI is InChI=1S/C10H12FNO4/c1-13-7-3-8-10(16-5-15-8)6(9(7)11)4-12-14-2/h3,12H,4-5H2,1-2H3. The maximum Gasteiger partial charge on any atom is 0.231 e. The minimum Gasteiger partial charge on any atom is -0.494 e. The molecule has 0 saturated carbocycles. The molecule has 0 atom stereocenters. The molecule has 1 N–H and O–H groups in total. The fourth-order valence-corrected chi connectivity index (χ4v) is 1.51. The predicted molar refractivity (Wildman–Crippen MR) is 52.9 cm³/mol. The first-order valence-electron chi connectivity index (χ1n) is 4.68. The number of methoxy groups -OCH3 is 1. The van der Waals surface area contributed by atoms with Gasteiger partial charge in [-0.3, -0.25) is 0 Å². The summed E-state index contributed by atoms with van der Waals surface area (Å²) in [5, 5.41) is 0. The monoisotopic (exact) mass is 229 g/mol. The molecule has 0 radical (unpaired) electrons. The molecule has 1 heterocycles. The number of hydrogen-bond donors (Lipinski definition) is 1. The van der Waals surface area contributed by atoms with Crippen molar-refractivity contribution < 1.29 is 23.4 Å². The van der Waals surface area contributed by atoms with Crippen LogP contribution in [0.2, 0.25) is 0 Å². The van der Waals surface area contributed by atoms with Crippen molar-refractivity contribution in [2.75, 3.05) is 21.0 Å². The number of rotatable bonds is 4. The molecule has 0 unspecified atom stereocenters. The molecule has 0 bridgehead atoms. The van der Waals surface area contributed by atoms with Crippen molar-refractivity contribution in [2.24, 2.45) is 0 Å². The van der Waals surface area contributed by atoms with E-state index in [9.17, 15) is 4.39 Å². The van der Waals surface area contributed by atoms with Gasteiger partial charge < -0.3 is 19.0 Å². The highest BCUT2D eigenvalue weighted by atomic mass is 19.1. The van der Waals surface area contributed by atoms with E-state index in [0.29, 0.717) is 17.1 Å². The van der Waals surface area contributed by atoms with E-state index in [0.717, 1.165) is 0 Å². The second-order valence-corrected chi connectivity index (χ2v) is 3.13. The van der Waals surface area contributed by atoms with E-state index in [2.05, 4.69) is 10.3 Å². The van der Waals surface area contributed by atoms with E-state index in [1.165, 1.54) is 20.3 Å². The lowest BCUT2D eigenvalue weighted by molar-refractivity contribution is 0.0848. The summed E-state index contributed by atoms with van der Waals surface area (Å²) < 4.78 is 29.2. The number of hydrogen-bond acceptors (Lipinski definition) is 5. The second kappa shape index (κ2) is 4.54. The van der Waals surface area contributed by atoms with Crippen LogP contribution in [0.3, 0.4) is 0 Å². The Kier molecular flexibility index (Phi) is 3.12. The lowest BCUT2D eigenvalue weighted by Crippen LogP contribution is -2.13. The predicted octanol–water partition coefficient (Wildman–Crippen LogP) is 1.21. The zero-order chi connectivity index (χ0) is 11.5. The Balaban J connectivity index is 2.42. The van der Waals surface area contributed by atoms with Gasteiger partial charge in [0.15, 0.2) is 23.1 Å². The van der Waals surface area contributed by atoms with Gasteiger partial charge in [0.05, 0.1) is 26.3 Å². The van der Waals surface area contributed by atoms with Crippen molar-refractivity contribution in [3.8, 4) is 17.2 Å². The maximum atomic E-state index is 13.9. The Morgan fingerprint density at radius 3 is 2.94 bits per heavy atom. The molecule has 0 aromatic heterocycles. The highest BCUT2D eigenvalue weighted by Crippen LogP contribution is 2.41. The van der Waals surface area contributed by atoms with Gasteiger partial charge in [0.2, 0.25) is 6.79 Å². The minimum atomic E-state index is -0.476. The Morgan fingerprint density at radius 1 is 1.44 bits per heavy atom. The van der Waals surface area contributed by atoms with Crippen LogP contribution in [0.4, 0.5) is 4.39 Å². The molecule has 1 aliphatic heterocycles. The first kappa shape index (κ1) is 11.0. The molecule has 0 fully saturated rings. The summed E-state index contributed by atoms with van der Waals surface area (Å²) in [6.07, 6.45) is 0. The largest absolute Gasteiger partial charge is 0.494 e. The van der Waals surface area contributed by atoms with Gasteiger partial charge in [-0.1, -0.05) is 0 Å². The van der Waals surface area contributed by atoms with Crippen LogP contribution in [0, 0.1) is 5.82 Å². The van der Waals surface area contributed by atoms with Gasteiger partial charge in [-0.2, -0.15) is 5.48 Å². The summed E-state index contributed by atoms with van der Waals surface area (Å²) >= 11 is 0. The van der Waals surface area contributed by atoms with Gasteiger partial charge >= 0.3 is 0 Å². The molecule has 1 aromatic carbocycles. The maximum absolute atomic E-state index is 13.9. The van der Waals surface area contributed by atoms with Crippen LogP contribution in [0.25, 0.3) is 0 Å². The molecule has 16 heavy (non-hydrogen) atoms. The third kappa shape index (κ3) is 1.77. The van der Waals surface area contributed by atoms with Gasteiger partial charge in [0.25, 0.3) is 0 Å². The highest BCUT2D eigenvalue weighted by molar-refractivity contribution is 5.54. The average Bonchev–Trinajstić information content (AvgIpc) is 2.75. The van der Waals surface area contributed by atoms with Crippen molar-refractivity contribution >= 4 is 0 Å². The third-order valence-corrected chi connectivity index (χ3v) is 2.27. The minimum absolute atomic E-state index is 0.0852. The van der Waals surface area contributed by atoms with E-state index in [-0.39, 0.29) is 19.1 Å². The second-order valence-electron chi connectivity index (χ2n) is 3.13. The van der Waals surface area contributed by atoms with Gasteiger partial charge in [-0.05, 0) is 0 Å². The van der Waals surface area contributed by atoms with Crippen LogP contribution in [-0.2, 0) is 11.4 Å². The number of benzene rings is 1. The van der Waals surface area contributed by atoms with E-state index in [4.69, 9.17) is 14.2 Å². The van der Waals surface area contributed by atoms with Crippen molar-refractivity contribution in [2.45, 2.75) is 6.54 Å². The number of fused-ring (bicyclic) bond motifs is 1. The van der Waals surface area contributed by atoms with Crippen LogP contribution < -0.4 is 19.7 Å². The normalized spacial score (nSPS) is 12.9. The summed E-state index contributed by atoms with van der Waals surface area (Å²) in [7, 11) is 2.85. The summed E-state index contributed by atoms with van der Waals surface area (Å²) in [5.41, 5.74) is 2.88. The van der Waals surface area contributed by atoms with E-state index < -0.39 is 5.82 Å². The van der Waals surface area contributed by atoms with Crippen molar-refractivity contribution in [1.29, 1.82) is 0 Å². The molecule has 1 aliphatic rings. The molecule has 0 aliphatic carbocycles. The first-order chi connectivity index (χ1) is 7.77. The average molecular weight is 229 g/mol. The molecule has 0 amide bonds. The van der Waals surface area contributed by atoms with E-state index in [1.54, 1.807) is 0 Å². The van der Waals surface area contributed by atoms with Crippen LogP contribution in [0.1, 0.15) is 5.56 Å². The lowest BCUT2D eigenvalue weighted by Gasteiger charge is -2.10. The first-order valence-corrected chi connectivity index (χ1v) is 4.68. The van der Waals surface area contributed by atoms with Crippen LogP contribution in [-0.4, -0.2) is 21.0 Å². The lowest BCUT2D eigenvalue weighted by atomic mass is 10.1. The van der Waals surface area contributed by atoms with E-state index >= 15 is 0 Å². The zero-order valence-corrected chi connectivity index (χ0v) is 9.00. The highest BCUT2D eigenvalue weighted by Gasteiger charge is 2.24. The van der Waals surface area contributed by atoms with Crippen LogP contribution in [0.5, 0.6) is 17.2 Å². The molecule has 2 rings (SSSR count). The van der Waals surface area contributed by atoms with E-state index in [1.807, 2.05) is 0 Å². The molecule has 6 heteroatoms. The van der Waals surface area contributed by atoms with Crippen LogP contribution in [0.15, 0.2) is 6.07 Å². The van der Waals surface area contributed by atoms with Crippen molar-refractivity contribution in [3.05, 3.63) is 17.4 Å². The Morgan fingerprint density at radius 2 is 2.25 bits per heavy atom.